The largest absolute Gasteiger partial charge is 0.459 e. The quantitative estimate of drug-likeness (QED) is 0.290. The van der Waals surface area contributed by atoms with Crippen molar-refractivity contribution in [1.82, 2.24) is 0 Å². The third-order valence-electron chi connectivity index (χ3n) is 12.7. The number of allylic oxidation sites excluding steroid dienone is 2. The van der Waals surface area contributed by atoms with Crippen molar-refractivity contribution in [3.8, 4) is 0 Å². The Morgan fingerprint density at radius 1 is 0.973 bits per heavy atom. The minimum atomic E-state index is -0.849. The molecule has 4 aliphatic carbocycles. The van der Waals surface area contributed by atoms with Gasteiger partial charge in [0.1, 0.15) is 12.2 Å². The lowest BCUT2D eigenvalue weighted by molar-refractivity contribution is -0.159. The second-order valence-electron chi connectivity index (χ2n) is 14.8. The molecule has 37 heavy (non-hydrogen) atoms. The first kappa shape index (κ1) is 28.9. The summed E-state index contributed by atoms with van der Waals surface area (Å²) in [4.78, 5) is 12.1. The molecule has 4 aliphatic rings. The number of hydrogen-bond donors (Lipinski definition) is 2. The van der Waals surface area contributed by atoms with Gasteiger partial charge in [0.2, 0.25) is 0 Å². The van der Waals surface area contributed by atoms with Gasteiger partial charge >= 0.3 is 5.97 Å². The summed E-state index contributed by atoms with van der Waals surface area (Å²) >= 11 is 0. The third-order valence-corrected chi connectivity index (χ3v) is 12.7. The zero-order valence-electron chi connectivity index (χ0n) is 25.1. The van der Waals surface area contributed by atoms with Crippen LogP contribution in [-0.4, -0.2) is 34.5 Å². The highest BCUT2D eigenvalue weighted by atomic mass is 16.6. The number of aliphatic hydroxyl groups excluding tert-OH is 2. The molecule has 0 aromatic rings. The second kappa shape index (κ2) is 9.51. The molecule has 0 aromatic heterocycles. The summed E-state index contributed by atoms with van der Waals surface area (Å²) in [6.07, 6.45) is 7.16. The summed E-state index contributed by atoms with van der Waals surface area (Å²) in [5, 5.41) is 22.2. The Morgan fingerprint density at radius 3 is 2.22 bits per heavy atom. The maximum absolute atomic E-state index is 12.1. The highest BCUT2D eigenvalue weighted by molar-refractivity contribution is 5.66. The molecular formula is C33H54O4. The number of carbonyl (C=O) groups excluding carboxylic acids is 1. The van der Waals surface area contributed by atoms with Crippen LogP contribution in [0.5, 0.6) is 0 Å². The zero-order chi connectivity index (χ0) is 27.7. The van der Waals surface area contributed by atoms with Gasteiger partial charge in [0, 0.05) is 6.92 Å². The third kappa shape index (κ3) is 4.19. The minimum Gasteiger partial charge on any atom is -0.459 e. The van der Waals surface area contributed by atoms with Gasteiger partial charge in [-0.2, -0.15) is 0 Å². The summed E-state index contributed by atoms with van der Waals surface area (Å²) in [6.45, 7) is 24.0. The first-order valence-corrected chi connectivity index (χ1v) is 15.0. The lowest BCUT2D eigenvalue weighted by atomic mass is 9.43. The normalized spacial score (nSPS) is 41.4. The van der Waals surface area contributed by atoms with Gasteiger partial charge in [0.15, 0.2) is 0 Å². The smallest absolute Gasteiger partial charge is 0.303 e. The summed E-state index contributed by atoms with van der Waals surface area (Å²) < 4.78 is 5.86. The van der Waals surface area contributed by atoms with Crippen LogP contribution in [0.3, 0.4) is 0 Å². The molecule has 2 fully saturated rings. The van der Waals surface area contributed by atoms with Crippen molar-refractivity contribution in [2.24, 2.45) is 45.3 Å². The fraction of sp³-hybridized carbons (Fsp3) is 0.848. The topological polar surface area (TPSA) is 66.8 Å². The van der Waals surface area contributed by atoms with Crippen LogP contribution in [0.1, 0.15) is 114 Å². The summed E-state index contributed by atoms with van der Waals surface area (Å²) in [6, 6.07) is 0. The van der Waals surface area contributed by atoms with E-state index in [9.17, 15) is 15.0 Å². The number of esters is 1. The van der Waals surface area contributed by atoms with Gasteiger partial charge in [-0.25, -0.2) is 0 Å². The molecule has 0 amide bonds. The van der Waals surface area contributed by atoms with Gasteiger partial charge in [-0.3, -0.25) is 4.79 Å². The van der Waals surface area contributed by atoms with Gasteiger partial charge < -0.3 is 14.9 Å². The monoisotopic (exact) mass is 514 g/mol. The molecule has 0 saturated heterocycles. The standard InChI is InChI=1S/C33H54O4/c1-19(2)20(3)28(36)29(37-22(5)34)21(4)23-13-17-33(10)25-11-12-26-30(6,7)27(35)15-16-31(26,8)24(25)14-18-32(23,33)9/h19,21,23,26-29,35-36H,3,11-18H2,1-2,4-10H3/t21-,23+,26?,27-,28?,29?,31+,32+,33-/m0/s1. The predicted molar refractivity (Wildman–Crippen MR) is 150 cm³/mol. The molecule has 210 valence electrons. The van der Waals surface area contributed by atoms with Gasteiger partial charge in [-0.15, -0.1) is 0 Å². The number of hydrogen-bond acceptors (Lipinski definition) is 4. The average molecular weight is 515 g/mol. The molecule has 9 atom stereocenters. The zero-order valence-corrected chi connectivity index (χ0v) is 25.1. The molecule has 0 spiro atoms. The van der Waals surface area contributed by atoms with E-state index in [0.717, 1.165) is 56.9 Å². The van der Waals surface area contributed by atoms with E-state index < -0.39 is 12.2 Å². The average Bonchev–Trinajstić information content (AvgIpc) is 3.10. The maximum atomic E-state index is 12.1. The summed E-state index contributed by atoms with van der Waals surface area (Å²) in [7, 11) is 0. The van der Waals surface area contributed by atoms with Crippen LogP contribution in [0.25, 0.3) is 0 Å². The number of rotatable bonds is 6. The van der Waals surface area contributed by atoms with E-state index in [1.807, 2.05) is 13.8 Å². The van der Waals surface area contributed by atoms with Crippen molar-refractivity contribution < 1.29 is 19.7 Å². The van der Waals surface area contributed by atoms with Crippen molar-refractivity contribution in [1.29, 1.82) is 0 Å². The molecule has 4 heteroatoms. The van der Waals surface area contributed by atoms with E-state index in [4.69, 9.17) is 4.74 Å². The molecule has 4 nitrogen and oxygen atoms in total. The van der Waals surface area contributed by atoms with E-state index in [1.54, 1.807) is 11.1 Å². The Morgan fingerprint density at radius 2 is 1.62 bits per heavy atom. The van der Waals surface area contributed by atoms with Crippen LogP contribution in [-0.2, 0) is 9.53 Å². The number of ether oxygens (including phenoxy) is 1. The Kier molecular flexibility index (Phi) is 7.42. The fourth-order valence-corrected chi connectivity index (χ4v) is 9.99. The molecule has 0 aliphatic heterocycles. The van der Waals surface area contributed by atoms with E-state index in [0.29, 0.717) is 11.8 Å². The Labute approximate surface area is 226 Å². The SMILES string of the molecule is C=C(C(C)C)C(O)C(OC(C)=O)[C@@H](C)[C@H]1CC[C@@]2(C)C3=C(CC[C@]12C)[C@@]1(C)CC[C@H](O)C(C)(C)C1CC3. The van der Waals surface area contributed by atoms with Crippen molar-refractivity contribution in [2.75, 3.05) is 0 Å². The summed E-state index contributed by atoms with van der Waals surface area (Å²) in [5.41, 5.74) is 4.50. The van der Waals surface area contributed by atoms with Gasteiger partial charge in [0.25, 0.3) is 0 Å². The first-order valence-electron chi connectivity index (χ1n) is 15.0. The van der Waals surface area contributed by atoms with Crippen molar-refractivity contribution in [2.45, 2.75) is 132 Å². The predicted octanol–water partition coefficient (Wildman–Crippen LogP) is 7.24. The molecule has 0 aromatic carbocycles. The van der Waals surface area contributed by atoms with Crippen LogP contribution in [0, 0.1) is 45.3 Å². The van der Waals surface area contributed by atoms with E-state index in [1.165, 1.54) is 6.92 Å². The maximum Gasteiger partial charge on any atom is 0.303 e. The molecule has 0 bridgehead atoms. The first-order chi connectivity index (χ1) is 17.0. The van der Waals surface area contributed by atoms with Gasteiger partial charge in [0.05, 0.1) is 6.10 Å². The fourth-order valence-electron chi connectivity index (χ4n) is 9.99. The molecule has 3 unspecified atom stereocenters. The van der Waals surface area contributed by atoms with Gasteiger partial charge in [-0.05, 0) is 102 Å². The molecular weight excluding hydrogens is 460 g/mol. The molecule has 2 saturated carbocycles. The van der Waals surface area contributed by atoms with Crippen molar-refractivity contribution >= 4 is 5.97 Å². The van der Waals surface area contributed by atoms with Crippen LogP contribution >= 0.6 is 0 Å². The van der Waals surface area contributed by atoms with Crippen molar-refractivity contribution in [3.63, 3.8) is 0 Å². The number of aliphatic hydroxyl groups is 2. The lowest BCUT2D eigenvalue weighted by Crippen LogP contribution is -2.55. The highest BCUT2D eigenvalue weighted by Crippen LogP contribution is 2.72. The van der Waals surface area contributed by atoms with Crippen LogP contribution in [0.15, 0.2) is 23.3 Å². The molecule has 0 heterocycles. The lowest BCUT2D eigenvalue weighted by Gasteiger charge is -2.62. The Hall–Kier alpha value is -1.13. The van der Waals surface area contributed by atoms with Crippen LogP contribution in [0.2, 0.25) is 0 Å². The van der Waals surface area contributed by atoms with Gasteiger partial charge in [-0.1, -0.05) is 73.1 Å². The minimum absolute atomic E-state index is 0.0408. The molecule has 2 N–H and O–H groups in total. The summed E-state index contributed by atoms with van der Waals surface area (Å²) in [5.74, 6) is 0.721. The highest BCUT2D eigenvalue weighted by Gasteiger charge is 2.64. The molecule has 0 radical (unpaired) electrons. The van der Waals surface area contributed by atoms with Crippen LogP contribution < -0.4 is 0 Å². The van der Waals surface area contributed by atoms with Crippen LogP contribution in [0.4, 0.5) is 0 Å². The molecule has 4 rings (SSSR count). The van der Waals surface area contributed by atoms with Crippen molar-refractivity contribution in [3.05, 3.63) is 23.3 Å². The number of carbonyl (C=O) groups is 1. The Balaban J connectivity index is 1.69. The van der Waals surface area contributed by atoms with E-state index in [2.05, 4.69) is 48.1 Å². The second-order valence-corrected chi connectivity index (χ2v) is 14.8. The number of fused-ring (bicyclic) bond motifs is 4. The van der Waals surface area contributed by atoms with E-state index in [-0.39, 0.29) is 45.6 Å². The van der Waals surface area contributed by atoms with E-state index >= 15 is 0 Å². The Bertz CT molecular complexity index is 961.